The summed E-state index contributed by atoms with van der Waals surface area (Å²) in [4.78, 5) is 13.0. The number of hydrazone groups is 1. The maximum absolute atomic E-state index is 11.7. The molecule has 1 heterocycles. The van der Waals surface area contributed by atoms with Gasteiger partial charge in [-0.15, -0.1) is 10.2 Å². The summed E-state index contributed by atoms with van der Waals surface area (Å²) in [5.74, 6) is 0.732. The molecule has 22 heavy (non-hydrogen) atoms. The highest BCUT2D eigenvalue weighted by Gasteiger charge is 2.28. The van der Waals surface area contributed by atoms with Gasteiger partial charge in [0, 0.05) is 11.5 Å². The monoisotopic (exact) mass is 338 g/mol. The summed E-state index contributed by atoms with van der Waals surface area (Å²) >= 11 is 12.0. The number of tetrazole rings is 1. The molecule has 3 rings (SSSR count). The standard InChI is InChI=1S/C13H12Cl2N6O/c14-10-2-1-3-11(15)9(10)6-16-17-12(22)7-21-19-13(18-20-21)8-4-5-8/h1-3,6,8H,4-5,7H2,(H,17,22)/b16-6-. The number of aromatic nitrogens is 4. The van der Waals surface area contributed by atoms with E-state index in [1.54, 1.807) is 18.2 Å². The second-order valence-electron chi connectivity index (χ2n) is 4.88. The smallest absolute Gasteiger partial charge is 0.263 e. The number of halogens is 2. The van der Waals surface area contributed by atoms with Crippen LogP contribution in [-0.4, -0.2) is 32.3 Å². The third kappa shape index (κ3) is 3.61. The summed E-state index contributed by atoms with van der Waals surface area (Å²) < 4.78 is 0. The van der Waals surface area contributed by atoms with Gasteiger partial charge in [0.25, 0.3) is 5.91 Å². The van der Waals surface area contributed by atoms with E-state index >= 15 is 0 Å². The zero-order chi connectivity index (χ0) is 15.5. The molecule has 0 radical (unpaired) electrons. The van der Waals surface area contributed by atoms with Crippen molar-refractivity contribution in [2.24, 2.45) is 5.10 Å². The zero-order valence-corrected chi connectivity index (χ0v) is 12.9. The van der Waals surface area contributed by atoms with Crippen LogP contribution in [0.5, 0.6) is 0 Å². The molecular weight excluding hydrogens is 327 g/mol. The Morgan fingerprint density at radius 2 is 2.14 bits per heavy atom. The fourth-order valence-corrected chi connectivity index (χ4v) is 2.29. The van der Waals surface area contributed by atoms with Gasteiger partial charge in [-0.1, -0.05) is 29.3 Å². The molecule has 7 nitrogen and oxygen atoms in total. The first-order valence-corrected chi connectivity index (χ1v) is 7.42. The number of carbonyl (C=O) groups excluding carboxylic acids is 1. The topological polar surface area (TPSA) is 85.1 Å². The lowest BCUT2D eigenvalue weighted by molar-refractivity contribution is -0.122. The van der Waals surface area contributed by atoms with Crippen molar-refractivity contribution in [2.45, 2.75) is 25.3 Å². The fraction of sp³-hybridized carbons (Fsp3) is 0.308. The highest BCUT2D eigenvalue weighted by Crippen LogP contribution is 2.37. The van der Waals surface area contributed by atoms with Crippen LogP contribution in [0.3, 0.4) is 0 Å². The molecule has 0 spiro atoms. The van der Waals surface area contributed by atoms with Crippen molar-refractivity contribution < 1.29 is 4.79 Å². The fourth-order valence-electron chi connectivity index (χ4n) is 1.79. The van der Waals surface area contributed by atoms with Gasteiger partial charge in [0.15, 0.2) is 5.82 Å². The van der Waals surface area contributed by atoms with E-state index < -0.39 is 0 Å². The summed E-state index contributed by atoms with van der Waals surface area (Å²) in [6, 6.07) is 5.11. The van der Waals surface area contributed by atoms with Crippen molar-refractivity contribution in [1.82, 2.24) is 25.6 Å². The van der Waals surface area contributed by atoms with Crippen LogP contribution in [0.4, 0.5) is 0 Å². The van der Waals surface area contributed by atoms with Crippen LogP contribution >= 0.6 is 23.2 Å². The van der Waals surface area contributed by atoms with E-state index in [0.29, 0.717) is 27.4 Å². The lowest BCUT2D eigenvalue weighted by Gasteiger charge is -2.01. The molecule has 0 aliphatic heterocycles. The van der Waals surface area contributed by atoms with Gasteiger partial charge < -0.3 is 0 Å². The number of hydrogen-bond donors (Lipinski definition) is 1. The van der Waals surface area contributed by atoms with E-state index in [-0.39, 0.29) is 12.5 Å². The molecule has 0 unspecified atom stereocenters. The van der Waals surface area contributed by atoms with E-state index in [2.05, 4.69) is 25.9 Å². The largest absolute Gasteiger partial charge is 0.271 e. The van der Waals surface area contributed by atoms with Gasteiger partial charge in [0.2, 0.25) is 0 Å². The van der Waals surface area contributed by atoms with E-state index in [9.17, 15) is 4.79 Å². The number of amides is 1. The molecule has 0 atom stereocenters. The van der Waals surface area contributed by atoms with Crippen molar-refractivity contribution in [3.63, 3.8) is 0 Å². The summed E-state index contributed by atoms with van der Waals surface area (Å²) in [5.41, 5.74) is 2.92. The molecule has 1 fully saturated rings. The molecule has 114 valence electrons. The van der Waals surface area contributed by atoms with Gasteiger partial charge in [0.05, 0.1) is 16.3 Å². The van der Waals surface area contributed by atoms with Gasteiger partial charge >= 0.3 is 0 Å². The average Bonchev–Trinajstić information content (AvgIpc) is 3.23. The van der Waals surface area contributed by atoms with Crippen molar-refractivity contribution in [1.29, 1.82) is 0 Å². The minimum Gasteiger partial charge on any atom is -0.271 e. The van der Waals surface area contributed by atoms with E-state index in [0.717, 1.165) is 12.8 Å². The van der Waals surface area contributed by atoms with Gasteiger partial charge in [-0.3, -0.25) is 4.79 Å². The minimum absolute atomic E-state index is 0.0483. The molecule has 9 heteroatoms. The summed E-state index contributed by atoms with van der Waals surface area (Å²) in [6.45, 7) is -0.0483. The van der Waals surface area contributed by atoms with Crippen molar-refractivity contribution in [3.05, 3.63) is 39.6 Å². The van der Waals surface area contributed by atoms with Crippen LogP contribution in [0.25, 0.3) is 0 Å². The van der Waals surface area contributed by atoms with Crippen LogP contribution in [0.1, 0.15) is 30.1 Å². The summed E-state index contributed by atoms with van der Waals surface area (Å²) in [6.07, 6.45) is 3.56. The Hall–Kier alpha value is -1.99. The number of nitrogens with one attached hydrogen (secondary N) is 1. The Morgan fingerprint density at radius 1 is 1.41 bits per heavy atom. The lowest BCUT2D eigenvalue weighted by atomic mass is 10.2. The average molecular weight is 339 g/mol. The molecule has 1 aromatic carbocycles. The molecule has 1 aliphatic rings. The zero-order valence-electron chi connectivity index (χ0n) is 11.4. The molecule has 1 saturated carbocycles. The third-order valence-electron chi connectivity index (χ3n) is 3.08. The molecule has 0 bridgehead atoms. The molecule has 1 aliphatic carbocycles. The first-order chi connectivity index (χ1) is 10.6. The molecule has 2 aromatic rings. The Morgan fingerprint density at radius 3 is 2.82 bits per heavy atom. The highest BCUT2D eigenvalue weighted by molar-refractivity contribution is 6.38. The normalized spacial score (nSPS) is 14.5. The van der Waals surface area contributed by atoms with Crippen LogP contribution in [0, 0.1) is 0 Å². The van der Waals surface area contributed by atoms with E-state index in [1.807, 2.05) is 0 Å². The van der Waals surface area contributed by atoms with Crippen molar-refractivity contribution in [2.75, 3.05) is 0 Å². The maximum Gasteiger partial charge on any atom is 0.263 e. The van der Waals surface area contributed by atoms with Crippen molar-refractivity contribution >= 4 is 35.3 Å². The van der Waals surface area contributed by atoms with Crippen LogP contribution in [0.2, 0.25) is 10.0 Å². The molecular formula is C13H12Cl2N6O. The summed E-state index contributed by atoms with van der Waals surface area (Å²) in [5, 5.41) is 16.6. The van der Waals surface area contributed by atoms with Gasteiger partial charge in [-0.25, -0.2) is 5.43 Å². The number of nitrogens with zero attached hydrogens (tertiary/aromatic N) is 5. The van der Waals surface area contributed by atoms with Gasteiger partial charge in [-0.05, 0) is 30.2 Å². The lowest BCUT2D eigenvalue weighted by Crippen LogP contribution is -2.24. The van der Waals surface area contributed by atoms with E-state index in [1.165, 1.54) is 11.0 Å². The molecule has 0 saturated heterocycles. The summed E-state index contributed by atoms with van der Waals surface area (Å²) in [7, 11) is 0. The Balaban J connectivity index is 1.56. The quantitative estimate of drug-likeness (QED) is 0.667. The highest BCUT2D eigenvalue weighted by atomic mass is 35.5. The first-order valence-electron chi connectivity index (χ1n) is 6.67. The first kappa shape index (κ1) is 14.9. The predicted molar refractivity (Wildman–Crippen MR) is 82.0 cm³/mol. The van der Waals surface area contributed by atoms with Crippen molar-refractivity contribution in [3.8, 4) is 0 Å². The van der Waals surface area contributed by atoms with Crippen LogP contribution in [0.15, 0.2) is 23.3 Å². The molecule has 1 N–H and O–H groups in total. The Bertz CT molecular complexity index is 705. The number of hydrogen-bond acceptors (Lipinski definition) is 5. The third-order valence-corrected chi connectivity index (χ3v) is 3.74. The second kappa shape index (κ2) is 6.41. The predicted octanol–water partition coefficient (Wildman–Crippen LogP) is 2.01. The van der Waals surface area contributed by atoms with E-state index in [4.69, 9.17) is 23.2 Å². The maximum atomic E-state index is 11.7. The molecule has 1 amide bonds. The minimum atomic E-state index is -0.362. The second-order valence-corrected chi connectivity index (χ2v) is 5.70. The number of rotatable bonds is 5. The number of benzene rings is 1. The Kier molecular flexibility index (Phi) is 4.35. The van der Waals surface area contributed by atoms with Crippen LogP contribution in [-0.2, 0) is 11.3 Å². The number of carbonyl (C=O) groups is 1. The molecule has 1 aromatic heterocycles. The van der Waals surface area contributed by atoms with Crippen LogP contribution < -0.4 is 5.43 Å². The van der Waals surface area contributed by atoms with Gasteiger partial charge in [0.1, 0.15) is 6.54 Å². The van der Waals surface area contributed by atoms with Gasteiger partial charge in [-0.2, -0.15) is 9.90 Å². The Labute approximate surface area is 136 Å². The SMILES string of the molecule is O=C(Cn1nnc(C2CC2)n1)N/N=C\c1c(Cl)cccc1Cl.